The Bertz CT molecular complexity index is 1640. The fraction of sp³-hybridized carbons (Fsp3) is 0.161. The SMILES string of the molecule is C.CC(=NCc1ccc(S(=O)(=O)O)cc1)c1ccccc1.CC(=O)c1ccccc1.NCc1ccc(S(=O)(=O)O)cc1. The fourth-order valence-electron chi connectivity index (χ4n) is 3.22. The van der Waals surface area contributed by atoms with Gasteiger partial charge in [-0.1, -0.05) is 92.4 Å². The monoisotopic (exact) mass is 612 g/mol. The van der Waals surface area contributed by atoms with Crippen molar-refractivity contribution in [3.63, 3.8) is 0 Å². The standard InChI is InChI=1S/C15H15NO3S.C8H8O.C7H9NO3S.CH4/c1-12(14-5-3-2-4-6-14)16-11-13-7-9-15(10-8-13)20(17,18)19;1-7(9)8-5-3-2-4-6-8;8-5-6-1-3-7(4-2-6)12(9,10)11;/h2-10H,11H2,1H3,(H,17,18,19);2-6H,1H3;1-4H,5,8H2,(H,9,10,11);1H4. The van der Waals surface area contributed by atoms with Crippen LogP contribution < -0.4 is 5.73 Å². The molecule has 42 heavy (non-hydrogen) atoms. The number of rotatable bonds is 7. The maximum Gasteiger partial charge on any atom is 0.294 e. The highest BCUT2D eigenvalue weighted by atomic mass is 32.2. The zero-order valence-electron chi connectivity index (χ0n) is 22.6. The van der Waals surface area contributed by atoms with Gasteiger partial charge in [-0.05, 0) is 54.8 Å². The zero-order valence-corrected chi connectivity index (χ0v) is 24.2. The number of carbonyl (C=O) groups excluding carboxylic acids is 1. The minimum atomic E-state index is -4.13. The van der Waals surface area contributed by atoms with Gasteiger partial charge in [-0.25, -0.2) is 0 Å². The summed E-state index contributed by atoms with van der Waals surface area (Å²) in [5.41, 5.74) is 9.75. The van der Waals surface area contributed by atoms with E-state index in [0.717, 1.165) is 28.0 Å². The van der Waals surface area contributed by atoms with Crippen molar-refractivity contribution in [3.8, 4) is 0 Å². The van der Waals surface area contributed by atoms with Crippen molar-refractivity contribution in [3.05, 3.63) is 131 Å². The Morgan fingerprint density at radius 3 is 1.36 bits per heavy atom. The van der Waals surface area contributed by atoms with E-state index in [1.165, 1.54) is 24.3 Å². The van der Waals surface area contributed by atoms with E-state index in [1.54, 1.807) is 31.2 Å². The summed E-state index contributed by atoms with van der Waals surface area (Å²) in [5.74, 6) is 0.121. The Morgan fingerprint density at radius 1 is 0.643 bits per heavy atom. The van der Waals surface area contributed by atoms with Gasteiger partial charge in [0.05, 0.1) is 16.3 Å². The molecule has 0 saturated heterocycles. The van der Waals surface area contributed by atoms with Crippen LogP contribution in [0.25, 0.3) is 0 Å². The van der Waals surface area contributed by atoms with Gasteiger partial charge in [0.15, 0.2) is 5.78 Å². The van der Waals surface area contributed by atoms with Crippen LogP contribution in [0.4, 0.5) is 0 Å². The lowest BCUT2D eigenvalue weighted by Crippen LogP contribution is -2.00. The lowest BCUT2D eigenvalue weighted by Gasteiger charge is -2.02. The molecule has 0 aliphatic rings. The van der Waals surface area contributed by atoms with Crippen molar-refractivity contribution in [2.24, 2.45) is 10.7 Å². The van der Waals surface area contributed by atoms with Crippen molar-refractivity contribution < 1.29 is 30.7 Å². The van der Waals surface area contributed by atoms with Gasteiger partial charge >= 0.3 is 0 Å². The lowest BCUT2D eigenvalue weighted by molar-refractivity contribution is 0.101. The molecule has 0 spiro atoms. The van der Waals surface area contributed by atoms with Crippen LogP contribution in [0.2, 0.25) is 0 Å². The van der Waals surface area contributed by atoms with E-state index >= 15 is 0 Å². The number of ketones is 1. The summed E-state index contributed by atoms with van der Waals surface area (Å²) in [7, 11) is -8.20. The second kappa shape index (κ2) is 17.1. The number of nitrogens with two attached hydrogens (primary N) is 1. The van der Waals surface area contributed by atoms with Crippen LogP contribution >= 0.6 is 0 Å². The number of aliphatic imine (C=N–C) groups is 1. The second-order valence-electron chi connectivity index (χ2n) is 8.63. The first kappa shape index (κ1) is 36.0. The maximum absolute atomic E-state index is 10.9. The predicted octanol–water partition coefficient (Wildman–Crippen LogP) is 5.86. The summed E-state index contributed by atoms with van der Waals surface area (Å²) >= 11 is 0. The van der Waals surface area contributed by atoms with Crippen LogP contribution in [0.1, 0.15) is 48.3 Å². The van der Waals surface area contributed by atoms with Gasteiger partial charge in [0.2, 0.25) is 0 Å². The number of Topliss-reactive ketones (excluding diaryl/α,β-unsaturated/α-hetero) is 1. The molecule has 0 fully saturated rings. The minimum absolute atomic E-state index is 0. The average Bonchev–Trinajstić information content (AvgIpc) is 2.97. The van der Waals surface area contributed by atoms with Crippen LogP contribution in [0.3, 0.4) is 0 Å². The van der Waals surface area contributed by atoms with Crippen LogP contribution in [0.5, 0.6) is 0 Å². The molecule has 0 radical (unpaired) electrons. The number of carbonyl (C=O) groups is 1. The number of hydrogen-bond donors (Lipinski definition) is 3. The van der Waals surface area contributed by atoms with Gasteiger partial charge in [-0.3, -0.25) is 18.9 Å². The van der Waals surface area contributed by atoms with E-state index in [-0.39, 0.29) is 23.0 Å². The second-order valence-corrected chi connectivity index (χ2v) is 11.5. The first-order valence-corrected chi connectivity index (χ1v) is 15.1. The van der Waals surface area contributed by atoms with Crippen molar-refractivity contribution in [2.45, 2.75) is 44.2 Å². The first-order valence-electron chi connectivity index (χ1n) is 12.3. The van der Waals surface area contributed by atoms with Crippen molar-refractivity contribution in [1.29, 1.82) is 0 Å². The Morgan fingerprint density at radius 2 is 1.02 bits per heavy atom. The molecule has 4 N–H and O–H groups in total. The molecule has 0 saturated carbocycles. The van der Waals surface area contributed by atoms with Gasteiger partial charge in [0, 0.05) is 17.8 Å². The Hall–Kier alpha value is -4.00. The molecule has 0 aliphatic heterocycles. The summed E-state index contributed by atoms with van der Waals surface area (Å²) in [6.07, 6.45) is 0. The van der Waals surface area contributed by atoms with E-state index in [0.29, 0.717) is 13.1 Å². The fourth-order valence-corrected chi connectivity index (χ4v) is 4.18. The summed E-state index contributed by atoms with van der Waals surface area (Å²) in [6, 6.07) is 30.8. The third-order valence-electron chi connectivity index (χ3n) is 5.55. The molecule has 0 amide bonds. The summed E-state index contributed by atoms with van der Waals surface area (Å²) in [6.45, 7) is 4.31. The third-order valence-corrected chi connectivity index (χ3v) is 7.28. The van der Waals surface area contributed by atoms with Crippen LogP contribution in [0.15, 0.2) is 124 Å². The Kier molecular flexibility index (Phi) is 14.6. The van der Waals surface area contributed by atoms with E-state index in [1.807, 2.05) is 67.6 Å². The van der Waals surface area contributed by atoms with E-state index in [9.17, 15) is 21.6 Å². The molecular weight excluding hydrogens is 576 g/mol. The molecule has 0 aliphatic carbocycles. The van der Waals surface area contributed by atoms with Crippen molar-refractivity contribution in [2.75, 3.05) is 0 Å². The molecule has 224 valence electrons. The zero-order chi connectivity index (χ0) is 30.5. The topological polar surface area (TPSA) is 164 Å². The largest absolute Gasteiger partial charge is 0.326 e. The molecule has 0 aromatic heterocycles. The quantitative estimate of drug-likeness (QED) is 0.133. The number of benzene rings is 4. The first-order chi connectivity index (χ1) is 19.3. The number of hydrogen-bond acceptors (Lipinski definition) is 7. The highest BCUT2D eigenvalue weighted by molar-refractivity contribution is 7.86. The normalized spacial score (nSPS) is 11.1. The summed E-state index contributed by atoms with van der Waals surface area (Å²) < 4.78 is 60.4. The highest BCUT2D eigenvalue weighted by Crippen LogP contribution is 2.12. The molecular formula is C31H36N2O7S2. The molecule has 0 atom stereocenters. The predicted molar refractivity (Wildman–Crippen MR) is 166 cm³/mol. The third kappa shape index (κ3) is 12.7. The van der Waals surface area contributed by atoms with E-state index in [2.05, 4.69) is 4.99 Å². The molecule has 4 rings (SSSR count). The van der Waals surface area contributed by atoms with Crippen LogP contribution in [0, 0.1) is 0 Å². The summed E-state index contributed by atoms with van der Waals surface area (Å²) in [5, 5.41) is 0. The van der Waals surface area contributed by atoms with Crippen molar-refractivity contribution in [1.82, 2.24) is 0 Å². The molecule has 0 bridgehead atoms. The minimum Gasteiger partial charge on any atom is -0.326 e. The Balaban J connectivity index is 0.000000342. The smallest absolute Gasteiger partial charge is 0.294 e. The Labute approximate surface area is 248 Å². The van der Waals surface area contributed by atoms with Gasteiger partial charge in [0.1, 0.15) is 0 Å². The van der Waals surface area contributed by atoms with Crippen LogP contribution in [-0.2, 0) is 33.3 Å². The van der Waals surface area contributed by atoms with Gasteiger partial charge < -0.3 is 5.73 Å². The van der Waals surface area contributed by atoms with Gasteiger partial charge in [-0.2, -0.15) is 16.8 Å². The summed E-state index contributed by atoms with van der Waals surface area (Å²) in [4.78, 5) is 14.9. The molecule has 9 nitrogen and oxygen atoms in total. The molecule has 11 heteroatoms. The molecule has 4 aromatic rings. The van der Waals surface area contributed by atoms with Crippen LogP contribution in [-0.4, -0.2) is 37.4 Å². The highest BCUT2D eigenvalue weighted by Gasteiger charge is 2.08. The van der Waals surface area contributed by atoms with E-state index in [4.69, 9.17) is 14.8 Å². The molecule has 0 heterocycles. The molecule has 4 aromatic carbocycles. The van der Waals surface area contributed by atoms with Gasteiger partial charge in [-0.15, -0.1) is 0 Å². The average molecular weight is 613 g/mol. The maximum atomic E-state index is 10.9. The molecule has 0 unspecified atom stereocenters. The van der Waals surface area contributed by atoms with E-state index < -0.39 is 20.2 Å². The van der Waals surface area contributed by atoms with Crippen molar-refractivity contribution >= 4 is 31.7 Å². The van der Waals surface area contributed by atoms with Gasteiger partial charge in [0.25, 0.3) is 20.2 Å². The number of nitrogens with zero attached hydrogens (tertiary/aromatic N) is 1. The lowest BCUT2D eigenvalue weighted by atomic mass is 10.1.